The molecule has 0 bridgehead atoms. The molecule has 0 aliphatic rings. The summed E-state index contributed by atoms with van der Waals surface area (Å²) in [6.07, 6.45) is 1.25. The average molecular weight is 264 g/mol. The number of carbonyl (C=O) groups excluding carboxylic acids is 2. The first kappa shape index (κ1) is 13.3. The normalized spacial score (nSPS) is 10.5. The molecule has 19 heavy (non-hydrogen) atoms. The van der Waals surface area contributed by atoms with Crippen LogP contribution in [0.2, 0.25) is 0 Å². The summed E-state index contributed by atoms with van der Waals surface area (Å²) in [4.78, 5) is 20.8. The number of furan rings is 2. The molecular formula is C13H12O6. The fourth-order valence-corrected chi connectivity index (χ4v) is 1.41. The van der Waals surface area contributed by atoms with Crippen molar-refractivity contribution in [2.45, 2.75) is 13.2 Å². The van der Waals surface area contributed by atoms with E-state index in [1.807, 2.05) is 0 Å². The van der Waals surface area contributed by atoms with Gasteiger partial charge in [0.05, 0.1) is 0 Å². The van der Waals surface area contributed by atoms with E-state index in [-0.39, 0.29) is 31.5 Å². The van der Waals surface area contributed by atoms with Crippen molar-refractivity contribution in [1.29, 1.82) is 0 Å². The Bertz CT molecular complexity index is 491. The highest BCUT2D eigenvalue weighted by Crippen LogP contribution is 2.09. The summed E-state index contributed by atoms with van der Waals surface area (Å²) < 4.78 is 20.6. The second-order valence-electron chi connectivity index (χ2n) is 3.66. The van der Waals surface area contributed by atoms with Gasteiger partial charge in [-0.2, -0.15) is 0 Å². The minimum atomic E-state index is 0.0498. The Hall–Kier alpha value is -2.18. The third-order valence-corrected chi connectivity index (χ3v) is 2.25. The third kappa shape index (κ3) is 3.90. The summed E-state index contributed by atoms with van der Waals surface area (Å²) in [7, 11) is 0. The lowest BCUT2D eigenvalue weighted by molar-refractivity contribution is -0.0766. The van der Waals surface area contributed by atoms with Crippen molar-refractivity contribution in [3.05, 3.63) is 47.3 Å². The van der Waals surface area contributed by atoms with Gasteiger partial charge in [0.1, 0.15) is 31.5 Å². The summed E-state index contributed by atoms with van der Waals surface area (Å²) in [6.45, 7) is 0.478. The molecule has 6 heteroatoms. The molecule has 2 aromatic heterocycles. The SMILES string of the molecule is O=Cc1ccc(COCOCc2ccc(C=O)o2)o1. The number of rotatable bonds is 8. The lowest BCUT2D eigenvalue weighted by atomic mass is 10.4. The number of hydrogen-bond donors (Lipinski definition) is 0. The molecule has 0 aliphatic carbocycles. The minimum absolute atomic E-state index is 0.0498. The lowest BCUT2D eigenvalue weighted by Crippen LogP contribution is -1.99. The van der Waals surface area contributed by atoms with Gasteiger partial charge in [-0.15, -0.1) is 0 Å². The van der Waals surface area contributed by atoms with Crippen LogP contribution in [-0.4, -0.2) is 19.4 Å². The van der Waals surface area contributed by atoms with Crippen molar-refractivity contribution < 1.29 is 27.9 Å². The maximum absolute atomic E-state index is 10.4. The summed E-state index contributed by atoms with van der Waals surface area (Å²) in [5.74, 6) is 1.62. The van der Waals surface area contributed by atoms with E-state index < -0.39 is 0 Å². The maximum atomic E-state index is 10.4. The fraction of sp³-hybridized carbons (Fsp3) is 0.231. The highest BCUT2D eigenvalue weighted by atomic mass is 16.7. The van der Waals surface area contributed by atoms with Crippen LogP contribution in [0, 0.1) is 0 Å². The van der Waals surface area contributed by atoms with Crippen molar-refractivity contribution in [1.82, 2.24) is 0 Å². The molecular weight excluding hydrogens is 252 g/mol. The molecule has 0 N–H and O–H groups in total. The van der Waals surface area contributed by atoms with Gasteiger partial charge in [0, 0.05) is 0 Å². The Balaban J connectivity index is 1.64. The molecule has 0 spiro atoms. The van der Waals surface area contributed by atoms with Crippen LogP contribution in [0.1, 0.15) is 32.6 Å². The van der Waals surface area contributed by atoms with E-state index >= 15 is 0 Å². The first-order valence-corrected chi connectivity index (χ1v) is 5.55. The predicted molar refractivity (Wildman–Crippen MR) is 62.6 cm³/mol. The monoisotopic (exact) mass is 264 g/mol. The molecule has 0 fully saturated rings. The van der Waals surface area contributed by atoms with Crippen molar-refractivity contribution >= 4 is 12.6 Å². The molecule has 6 nitrogen and oxygen atoms in total. The quantitative estimate of drug-likeness (QED) is 0.413. The Labute approximate surface area is 108 Å². The largest absolute Gasteiger partial charge is 0.456 e. The highest BCUT2D eigenvalue weighted by molar-refractivity contribution is 5.70. The number of hydrogen-bond acceptors (Lipinski definition) is 6. The molecule has 0 atom stereocenters. The first-order chi connectivity index (χ1) is 9.31. The van der Waals surface area contributed by atoms with Crippen molar-refractivity contribution in [3.8, 4) is 0 Å². The Kier molecular flexibility index (Phi) is 4.66. The molecule has 2 aromatic rings. The van der Waals surface area contributed by atoms with E-state index in [9.17, 15) is 9.59 Å². The van der Waals surface area contributed by atoms with E-state index in [1.54, 1.807) is 24.3 Å². The smallest absolute Gasteiger partial charge is 0.185 e. The molecule has 0 radical (unpaired) electrons. The predicted octanol–water partition coefficient (Wildman–Crippen LogP) is 2.19. The van der Waals surface area contributed by atoms with Gasteiger partial charge in [-0.05, 0) is 24.3 Å². The standard InChI is InChI=1S/C13H12O6/c14-5-10-1-3-12(18-10)7-16-9-17-8-13-4-2-11(6-15)19-13/h1-6H,7-9H2. The maximum Gasteiger partial charge on any atom is 0.185 e. The molecule has 2 rings (SSSR count). The zero-order valence-electron chi connectivity index (χ0n) is 10.0. The molecule has 0 aromatic carbocycles. The summed E-state index contributed by atoms with van der Waals surface area (Å²) in [6, 6.07) is 6.45. The zero-order valence-corrected chi connectivity index (χ0v) is 10.0. The molecule has 2 heterocycles. The number of ether oxygens (including phenoxy) is 2. The molecule has 0 saturated carbocycles. The van der Waals surface area contributed by atoms with Crippen molar-refractivity contribution in [2.24, 2.45) is 0 Å². The van der Waals surface area contributed by atoms with Crippen LogP contribution in [0.25, 0.3) is 0 Å². The van der Waals surface area contributed by atoms with Gasteiger partial charge in [0.25, 0.3) is 0 Å². The zero-order chi connectivity index (χ0) is 13.5. The topological polar surface area (TPSA) is 78.9 Å². The van der Waals surface area contributed by atoms with E-state index in [0.717, 1.165) is 0 Å². The van der Waals surface area contributed by atoms with Crippen LogP contribution in [0.3, 0.4) is 0 Å². The minimum Gasteiger partial charge on any atom is -0.456 e. The van der Waals surface area contributed by atoms with Crippen molar-refractivity contribution in [3.63, 3.8) is 0 Å². The molecule has 100 valence electrons. The van der Waals surface area contributed by atoms with Crippen LogP contribution in [-0.2, 0) is 22.7 Å². The van der Waals surface area contributed by atoms with Gasteiger partial charge in [-0.25, -0.2) is 0 Å². The molecule has 0 saturated heterocycles. The van der Waals surface area contributed by atoms with Gasteiger partial charge in [-0.3, -0.25) is 9.59 Å². The molecule has 0 unspecified atom stereocenters. The van der Waals surface area contributed by atoms with Gasteiger partial charge < -0.3 is 18.3 Å². The summed E-state index contributed by atoms with van der Waals surface area (Å²) >= 11 is 0. The van der Waals surface area contributed by atoms with E-state index in [1.165, 1.54) is 0 Å². The molecule has 0 aliphatic heterocycles. The summed E-state index contributed by atoms with van der Waals surface area (Å²) in [5, 5.41) is 0. The van der Waals surface area contributed by atoms with E-state index in [0.29, 0.717) is 24.1 Å². The van der Waals surface area contributed by atoms with Gasteiger partial charge in [0.2, 0.25) is 0 Å². The second kappa shape index (κ2) is 6.67. The molecule has 0 amide bonds. The summed E-state index contributed by atoms with van der Waals surface area (Å²) in [5.41, 5.74) is 0. The first-order valence-electron chi connectivity index (χ1n) is 5.55. The number of carbonyl (C=O) groups is 2. The third-order valence-electron chi connectivity index (χ3n) is 2.25. The highest BCUT2D eigenvalue weighted by Gasteiger charge is 2.02. The Morgan fingerprint density at radius 1 is 0.842 bits per heavy atom. The van der Waals surface area contributed by atoms with Crippen LogP contribution in [0.5, 0.6) is 0 Å². The van der Waals surface area contributed by atoms with Crippen molar-refractivity contribution in [2.75, 3.05) is 6.79 Å². The van der Waals surface area contributed by atoms with Crippen LogP contribution in [0.4, 0.5) is 0 Å². The van der Waals surface area contributed by atoms with Crippen LogP contribution < -0.4 is 0 Å². The van der Waals surface area contributed by atoms with Gasteiger partial charge in [0.15, 0.2) is 24.1 Å². The van der Waals surface area contributed by atoms with Crippen LogP contribution in [0.15, 0.2) is 33.1 Å². The van der Waals surface area contributed by atoms with Gasteiger partial charge >= 0.3 is 0 Å². The fourth-order valence-electron chi connectivity index (χ4n) is 1.41. The average Bonchev–Trinajstić information content (AvgIpc) is 3.06. The van der Waals surface area contributed by atoms with E-state index in [2.05, 4.69) is 0 Å². The van der Waals surface area contributed by atoms with Gasteiger partial charge in [-0.1, -0.05) is 0 Å². The van der Waals surface area contributed by atoms with Crippen LogP contribution >= 0.6 is 0 Å². The Morgan fingerprint density at radius 2 is 1.32 bits per heavy atom. The second-order valence-corrected chi connectivity index (χ2v) is 3.66. The van der Waals surface area contributed by atoms with E-state index in [4.69, 9.17) is 18.3 Å². The lowest BCUT2D eigenvalue weighted by Gasteiger charge is -2.02. The number of aldehydes is 2. The Morgan fingerprint density at radius 3 is 1.68 bits per heavy atom.